The predicted molar refractivity (Wildman–Crippen MR) is 86.9 cm³/mol. The van der Waals surface area contributed by atoms with Crippen molar-refractivity contribution in [1.82, 2.24) is 14.1 Å². The lowest BCUT2D eigenvalue weighted by Crippen LogP contribution is -2.38. The monoisotopic (exact) mass is 335 g/mol. The number of hydrogen-bond acceptors (Lipinski definition) is 4. The summed E-state index contributed by atoms with van der Waals surface area (Å²) in [4.78, 5) is 0.319. The molecule has 2 aromatic rings. The lowest BCUT2D eigenvalue weighted by atomic mass is 10.1. The van der Waals surface area contributed by atoms with Gasteiger partial charge in [0.2, 0.25) is 10.0 Å². The molecule has 1 aliphatic rings. The molecule has 7 heteroatoms. The summed E-state index contributed by atoms with van der Waals surface area (Å²) in [5.41, 5.74) is 2.74. The number of ether oxygens (including phenoxy) is 1. The van der Waals surface area contributed by atoms with E-state index in [1.807, 2.05) is 24.6 Å². The Morgan fingerprint density at radius 2 is 2.04 bits per heavy atom. The van der Waals surface area contributed by atoms with Crippen LogP contribution in [0.1, 0.15) is 23.9 Å². The number of nitrogens with zero attached hydrogens (tertiary/aromatic N) is 3. The predicted octanol–water partition coefficient (Wildman–Crippen LogP) is 1.97. The summed E-state index contributed by atoms with van der Waals surface area (Å²) in [6, 6.07) is 6.99. The zero-order valence-electron chi connectivity index (χ0n) is 13.6. The third-order valence-corrected chi connectivity index (χ3v) is 6.00. The molecule has 0 radical (unpaired) electrons. The molecule has 23 heavy (non-hydrogen) atoms. The summed E-state index contributed by atoms with van der Waals surface area (Å²) in [6.07, 6.45) is 0.721. The molecule has 0 amide bonds. The van der Waals surface area contributed by atoms with Crippen molar-refractivity contribution in [3.63, 3.8) is 0 Å². The second kappa shape index (κ2) is 5.98. The highest BCUT2D eigenvalue weighted by Crippen LogP contribution is 2.27. The van der Waals surface area contributed by atoms with Crippen LogP contribution in [0.15, 0.2) is 29.2 Å². The maximum atomic E-state index is 12.9. The van der Waals surface area contributed by atoms with Crippen LogP contribution >= 0.6 is 0 Å². The topological polar surface area (TPSA) is 64.4 Å². The van der Waals surface area contributed by atoms with E-state index < -0.39 is 10.0 Å². The Kier molecular flexibility index (Phi) is 4.16. The van der Waals surface area contributed by atoms with Crippen molar-refractivity contribution < 1.29 is 13.2 Å². The maximum absolute atomic E-state index is 12.9. The summed E-state index contributed by atoms with van der Waals surface area (Å²) >= 11 is 0. The highest BCUT2D eigenvalue weighted by atomic mass is 32.2. The zero-order chi connectivity index (χ0) is 16.6. The van der Waals surface area contributed by atoms with Gasteiger partial charge in [0.15, 0.2) is 0 Å². The Hall–Kier alpha value is -1.86. The summed E-state index contributed by atoms with van der Waals surface area (Å²) in [7, 11) is -1.92. The van der Waals surface area contributed by atoms with Gasteiger partial charge in [-0.3, -0.25) is 4.68 Å². The second-order valence-electron chi connectivity index (χ2n) is 5.67. The van der Waals surface area contributed by atoms with Gasteiger partial charge in [-0.05, 0) is 43.2 Å². The number of sulfonamides is 1. The first-order chi connectivity index (χ1) is 11.0. The molecule has 1 aromatic heterocycles. The molecule has 3 rings (SSSR count). The Labute approximate surface area is 136 Å². The normalized spacial score (nSPS) is 15.4. The average Bonchev–Trinajstić information content (AvgIpc) is 2.93. The van der Waals surface area contributed by atoms with E-state index in [1.54, 1.807) is 25.3 Å². The Bertz CT molecular complexity index is 827. The van der Waals surface area contributed by atoms with Crippen molar-refractivity contribution in [2.45, 2.75) is 38.3 Å². The third-order valence-electron chi connectivity index (χ3n) is 4.16. The number of methoxy groups -OCH3 is 1. The molecule has 0 saturated heterocycles. The summed E-state index contributed by atoms with van der Waals surface area (Å²) in [6.45, 7) is 5.28. The molecular weight excluding hydrogens is 314 g/mol. The molecule has 1 aromatic carbocycles. The highest BCUT2D eigenvalue weighted by Gasteiger charge is 2.29. The third kappa shape index (κ3) is 2.86. The summed E-state index contributed by atoms with van der Waals surface area (Å²) < 4.78 is 34.5. The second-order valence-corrected chi connectivity index (χ2v) is 7.60. The van der Waals surface area contributed by atoms with Gasteiger partial charge in [0.1, 0.15) is 5.75 Å². The molecule has 1 aliphatic heterocycles. The summed E-state index contributed by atoms with van der Waals surface area (Å²) in [5, 5.41) is 4.37. The molecule has 0 saturated carbocycles. The van der Waals surface area contributed by atoms with Crippen molar-refractivity contribution >= 4 is 10.0 Å². The van der Waals surface area contributed by atoms with E-state index in [9.17, 15) is 8.42 Å². The van der Waals surface area contributed by atoms with Gasteiger partial charge in [0.25, 0.3) is 0 Å². The Morgan fingerprint density at radius 3 is 2.74 bits per heavy atom. The molecular formula is C16H21N3O3S. The van der Waals surface area contributed by atoms with Crippen LogP contribution in [-0.4, -0.2) is 36.2 Å². The number of hydrogen-bond donors (Lipinski definition) is 0. The van der Waals surface area contributed by atoms with Gasteiger partial charge in [0.05, 0.1) is 36.5 Å². The molecule has 2 heterocycles. The van der Waals surface area contributed by atoms with Gasteiger partial charge >= 0.3 is 0 Å². The standard InChI is InChI=1S/C16H21N3O3S/c1-4-13-10-15(5-6-16(13)22-3)23(20,21)18-7-8-19-14(11-18)9-12(2)17-19/h5-6,9-10H,4,7-8,11H2,1-3H3. The highest BCUT2D eigenvalue weighted by molar-refractivity contribution is 7.89. The van der Waals surface area contributed by atoms with Gasteiger partial charge in [0, 0.05) is 6.54 Å². The van der Waals surface area contributed by atoms with E-state index in [0.717, 1.165) is 29.1 Å². The number of rotatable bonds is 4. The van der Waals surface area contributed by atoms with E-state index >= 15 is 0 Å². The first kappa shape index (κ1) is 16.0. The van der Waals surface area contributed by atoms with Gasteiger partial charge in [-0.1, -0.05) is 6.92 Å². The molecule has 124 valence electrons. The first-order valence-corrected chi connectivity index (χ1v) is 9.10. The van der Waals surface area contributed by atoms with E-state index in [0.29, 0.717) is 24.5 Å². The fraction of sp³-hybridized carbons (Fsp3) is 0.438. The van der Waals surface area contributed by atoms with Crippen molar-refractivity contribution in [3.05, 3.63) is 41.2 Å². The lowest BCUT2D eigenvalue weighted by molar-refractivity contribution is 0.326. The van der Waals surface area contributed by atoms with Crippen LogP contribution in [0.4, 0.5) is 0 Å². The van der Waals surface area contributed by atoms with Crippen LogP contribution in [0.5, 0.6) is 5.75 Å². The number of aromatic nitrogens is 2. The van der Waals surface area contributed by atoms with Gasteiger partial charge in [-0.15, -0.1) is 0 Å². The number of aryl methyl sites for hydroxylation is 2. The van der Waals surface area contributed by atoms with E-state index in [1.165, 1.54) is 4.31 Å². The molecule has 0 unspecified atom stereocenters. The minimum absolute atomic E-state index is 0.319. The van der Waals surface area contributed by atoms with Crippen molar-refractivity contribution in [2.75, 3.05) is 13.7 Å². The molecule has 0 aliphatic carbocycles. The minimum atomic E-state index is -3.52. The largest absolute Gasteiger partial charge is 0.496 e. The van der Waals surface area contributed by atoms with Crippen LogP contribution in [0, 0.1) is 6.92 Å². The van der Waals surface area contributed by atoms with E-state index in [-0.39, 0.29) is 0 Å². The van der Waals surface area contributed by atoms with Crippen molar-refractivity contribution in [1.29, 1.82) is 0 Å². The van der Waals surface area contributed by atoms with Gasteiger partial charge < -0.3 is 4.74 Å². The first-order valence-electron chi connectivity index (χ1n) is 7.66. The van der Waals surface area contributed by atoms with Crippen molar-refractivity contribution in [3.8, 4) is 5.75 Å². The number of benzene rings is 1. The number of fused-ring (bicyclic) bond motifs is 1. The Morgan fingerprint density at radius 1 is 1.26 bits per heavy atom. The molecule has 0 fully saturated rings. The Balaban J connectivity index is 1.93. The van der Waals surface area contributed by atoms with Crippen LogP contribution in [0.2, 0.25) is 0 Å². The smallest absolute Gasteiger partial charge is 0.243 e. The van der Waals surface area contributed by atoms with Crippen LogP contribution < -0.4 is 4.74 Å². The maximum Gasteiger partial charge on any atom is 0.243 e. The zero-order valence-corrected chi connectivity index (χ0v) is 14.4. The molecule has 0 atom stereocenters. The molecule has 0 bridgehead atoms. The van der Waals surface area contributed by atoms with Gasteiger partial charge in [-0.2, -0.15) is 9.40 Å². The van der Waals surface area contributed by atoms with Gasteiger partial charge in [-0.25, -0.2) is 8.42 Å². The fourth-order valence-corrected chi connectivity index (χ4v) is 4.39. The quantitative estimate of drug-likeness (QED) is 0.857. The van der Waals surface area contributed by atoms with Crippen LogP contribution in [-0.2, 0) is 29.5 Å². The van der Waals surface area contributed by atoms with Crippen LogP contribution in [0.3, 0.4) is 0 Å². The van der Waals surface area contributed by atoms with Crippen molar-refractivity contribution in [2.24, 2.45) is 0 Å². The van der Waals surface area contributed by atoms with E-state index in [2.05, 4.69) is 5.10 Å². The van der Waals surface area contributed by atoms with E-state index in [4.69, 9.17) is 4.74 Å². The minimum Gasteiger partial charge on any atom is -0.496 e. The fourth-order valence-electron chi connectivity index (χ4n) is 2.93. The summed E-state index contributed by atoms with van der Waals surface area (Å²) in [5.74, 6) is 0.721. The molecule has 6 nitrogen and oxygen atoms in total. The average molecular weight is 335 g/mol. The van der Waals surface area contributed by atoms with Crippen LogP contribution in [0.25, 0.3) is 0 Å². The molecule has 0 spiro atoms. The SMILES string of the molecule is CCc1cc(S(=O)(=O)N2CCn3nc(C)cc3C2)ccc1OC. The lowest BCUT2D eigenvalue weighted by Gasteiger charge is -2.27. The molecule has 0 N–H and O–H groups in total.